The summed E-state index contributed by atoms with van der Waals surface area (Å²) in [7, 11) is 0. The SMILES string of the molecule is [2H]N([2H])c1ccc2c(C(F)(F)F)cc(=O)oc2c1. The molecule has 84 valence electrons. The lowest BCUT2D eigenvalue weighted by molar-refractivity contribution is -0.136. The van der Waals surface area contributed by atoms with Crippen LogP contribution in [0.5, 0.6) is 0 Å². The van der Waals surface area contributed by atoms with Gasteiger partial charge < -0.3 is 10.1 Å². The van der Waals surface area contributed by atoms with Crippen LogP contribution in [0.15, 0.2) is 33.5 Å². The monoisotopic (exact) mass is 231 g/mol. The Balaban J connectivity index is 2.79. The van der Waals surface area contributed by atoms with Crippen LogP contribution in [-0.4, -0.2) is 0 Å². The minimum atomic E-state index is -4.67. The first-order valence-electron chi connectivity index (χ1n) is 5.11. The van der Waals surface area contributed by atoms with E-state index in [0.717, 1.165) is 18.2 Å². The van der Waals surface area contributed by atoms with Crippen molar-refractivity contribution in [3.05, 3.63) is 40.2 Å². The van der Waals surface area contributed by atoms with Crippen LogP contribution >= 0.6 is 0 Å². The predicted octanol–water partition coefficient (Wildman–Crippen LogP) is 2.39. The molecule has 0 spiro atoms. The maximum atomic E-state index is 12.7. The molecule has 1 aromatic heterocycles. The molecule has 0 unspecified atom stereocenters. The van der Waals surface area contributed by atoms with Crippen molar-refractivity contribution in [2.45, 2.75) is 6.18 Å². The number of anilines is 1. The third-order valence-corrected chi connectivity index (χ3v) is 2.03. The van der Waals surface area contributed by atoms with Crippen molar-refractivity contribution in [2.75, 3.05) is 5.72 Å². The Morgan fingerprint density at radius 3 is 2.69 bits per heavy atom. The molecule has 0 aliphatic rings. The summed E-state index contributed by atoms with van der Waals surface area (Å²) in [6.07, 6.45) is -4.67. The molecule has 3 nitrogen and oxygen atoms in total. The van der Waals surface area contributed by atoms with Gasteiger partial charge in [0.05, 0.1) is 5.56 Å². The van der Waals surface area contributed by atoms with E-state index in [4.69, 9.17) is 2.82 Å². The summed E-state index contributed by atoms with van der Waals surface area (Å²) >= 11 is 0. The molecule has 0 atom stereocenters. The highest BCUT2D eigenvalue weighted by Crippen LogP contribution is 2.34. The molecule has 0 amide bonds. The number of nitrogen functional groups attached to an aromatic ring is 1. The van der Waals surface area contributed by atoms with Gasteiger partial charge in [-0.05, 0) is 12.1 Å². The summed E-state index contributed by atoms with van der Waals surface area (Å²) in [4.78, 5) is 11.1. The molecule has 0 fully saturated rings. The molecule has 2 rings (SSSR count). The summed E-state index contributed by atoms with van der Waals surface area (Å²) in [5.74, 6) is 0. The van der Waals surface area contributed by atoms with E-state index in [1.165, 1.54) is 0 Å². The normalized spacial score (nSPS) is 13.4. The van der Waals surface area contributed by atoms with E-state index in [1.54, 1.807) is 0 Å². The van der Waals surface area contributed by atoms with Gasteiger partial charge in [-0.3, -0.25) is 0 Å². The third-order valence-electron chi connectivity index (χ3n) is 2.03. The van der Waals surface area contributed by atoms with Crippen LogP contribution in [0.2, 0.25) is 2.82 Å². The zero-order valence-corrected chi connectivity index (χ0v) is 7.71. The Morgan fingerprint density at radius 2 is 2.06 bits per heavy atom. The van der Waals surface area contributed by atoms with Crippen LogP contribution in [0.1, 0.15) is 5.56 Å². The Labute approximate surface area is 90.2 Å². The molecule has 1 aromatic carbocycles. The lowest BCUT2D eigenvalue weighted by Gasteiger charge is -2.08. The van der Waals surface area contributed by atoms with Gasteiger partial charge in [-0.2, -0.15) is 13.2 Å². The van der Waals surface area contributed by atoms with Gasteiger partial charge in [0.2, 0.25) is 0 Å². The second kappa shape index (κ2) is 3.26. The highest BCUT2D eigenvalue weighted by atomic mass is 19.4. The van der Waals surface area contributed by atoms with Crippen LogP contribution in [0, 0.1) is 0 Å². The van der Waals surface area contributed by atoms with Crippen molar-refractivity contribution in [1.29, 1.82) is 0 Å². The topological polar surface area (TPSA) is 56.2 Å². The van der Waals surface area contributed by atoms with Crippen molar-refractivity contribution < 1.29 is 20.4 Å². The molecule has 2 aromatic rings. The third kappa shape index (κ3) is 1.73. The maximum Gasteiger partial charge on any atom is 0.417 e. The van der Waals surface area contributed by atoms with E-state index in [2.05, 4.69) is 4.42 Å². The fourth-order valence-corrected chi connectivity index (χ4v) is 1.39. The fourth-order valence-electron chi connectivity index (χ4n) is 1.39. The van der Waals surface area contributed by atoms with Crippen molar-refractivity contribution in [3.8, 4) is 0 Å². The smallest absolute Gasteiger partial charge is 0.417 e. The molecule has 0 radical (unpaired) electrons. The second-order valence-electron chi connectivity index (χ2n) is 3.16. The molecular weight excluding hydrogens is 223 g/mol. The number of rotatable bonds is 1. The summed E-state index contributed by atoms with van der Waals surface area (Å²) in [5.41, 5.74) is -2.34. The minimum Gasteiger partial charge on any atom is -0.423 e. The van der Waals surface area contributed by atoms with Crippen LogP contribution in [0.4, 0.5) is 18.9 Å². The van der Waals surface area contributed by atoms with E-state index in [-0.39, 0.29) is 22.4 Å². The second-order valence-corrected chi connectivity index (χ2v) is 3.16. The van der Waals surface area contributed by atoms with Crippen LogP contribution in [0.3, 0.4) is 0 Å². The summed E-state index contributed by atoms with van der Waals surface area (Å²) in [6.45, 7) is 0. The molecule has 6 heteroatoms. The average molecular weight is 231 g/mol. The van der Waals surface area contributed by atoms with Crippen LogP contribution in [0.25, 0.3) is 11.0 Å². The minimum absolute atomic E-state index is 0.00928. The predicted molar refractivity (Wildman–Crippen MR) is 51.9 cm³/mol. The number of alkyl halides is 3. The van der Waals surface area contributed by atoms with Gasteiger partial charge in [0.25, 0.3) is 0 Å². The number of hydrogen-bond acceptors (Lipinski definition) is 3. The first-order valence-corrected chi connectivity index (χ1v) is 4.22. The summed E-state index contributed by atoms with van der Waals surface area (Å²) in [6, 6.07) is 3.64. The fraction of sp³-hybridized carbons (Fsp3) is 0.100. The van der Waals surface area contributed by atoms with Crippen molar-refractivity contribution in [2.24, 2.45) is 0 Å². The molecule has 0 saturated heterocycles. The van der Waals surface area contributed by atoms with Crippen molar-refractivity contribution >= 4 is 16.7 Å². The van der Waals surface area contributed by atoms with Crippen LogP contribution < -0.4 is 11.3 Å². The van der Waals surface area contributed by atoms with Crippen molar-refractivity contribution in [1.82, 2.24) is 0 Å². The van der Waals surface area contributed by atoms with Gasteiger partial charge in [-0.15, -0.1) is 0 Å². The largest absolute Gasteiger partial charge is 0.423 e. The zero-order valence-electron chi connectivity index (χ0n) is 9.71. The first kappa shape index (κ1) is 8.20. The number of fused-ring (bicyclic) bond motifs is 1. The Morgan fingerprint density at radius 1 is 1.31 bits per heavy atom. The van der Waals surface area contributed by atoms with Gasteiger partial charge in [-0.25, -0.2) is 4.79 Å². The van der Waals surface area contributed by atoms with Gasteiger partial charge in [0.1, 0.15) is 5.58 Å². The Hall–Kier alpha value is -1.98. The number of benzene rings is 1. The zero-order chi connectivity index (χ0) is 13.5. The molecule has 1 heterocycles. The average Bonchev–Trinajstić information content (AvgIpc) is 2.25. The van der Waals surface area contributed by atoms with E-state index in [0.29, 0.717) is 6.07 Å². The van der Waals surface area contributed by atoms with Crippen LogP contribution in [-0.2, 0) is 6.18 Å². The quantitative estimate of drug-likeness (QED) is 0.605. The molecule has 0 aliphatic carbocycles. The van der Waals surface area contributed by atoms with E-state index >= 15 is 0 Å². The standard InChI is InChI=1S/C10H6F3NO2/c11-10(12,13)7-4-9(15)16-8-3-5(14)1-2-6(7)8/h1-4H,14H2/i/hD2. The van der Waals surface area contributed by atoms with Gasteiger partial charge >= 0.3 is 11.8 Å². The highest BCUT2D eigenvalue weighted by Gasteiger charge is 2.33. The van der Waals surface area contributed by atoms with E-state index in [9.17, 15) is 18.0 Å². The number of hydrogen-bond donors (Lipinski definition) is 1. The van der Waals surface area contributed by atoms with Gasteiger partial charge in [-0.1, -0.05) is 0 Å². The molecule has 0 bridgehead atoms. The molecule has 16 heavy (non-hydrogen) atoms. The first-order chi connectivity index (χ1) is 8.29. The molecule has 0 aliphatic heterocycles. The van der Waals surface area contributed by atoms with Crippen molar-refractivity contribution in [3.63, 3.8) is 0 Å². The van der Waals surface area contributed by atoms with Gasteiger partial charge in [0.15, 0.2) is 2.82 Å². The number of nitrogens with two attached hydrogens (primary N) is 1. The lowest BCUT2D eigenvalue weighted by atomic mass is 10.1. The van der Waals surface area contributed by atoms with E-state index in [1.807, 2.05) is 0 Å². The Kier molecular flexibility index (Phi) is 1.67. The van der Waals surface area contributed by atoms with Gasteiger partial charge in [0, 0.05) is 23.2 Å². The summed E-state index contributed by atoms with van der Waals surface area (Å²) < 4.78 is 56.7. The molecule has 0 saturated carbocycles. The molecule has 2 N–H and O–H groups in total. The highest BCUT2D eigenvalue weighted by molar-refractivity contribution is 5.83. The lowest BCUT2D eigenvalue weighted by Crippen LogP contribution is -2.11. The number of halogens is 3. The maximum absolute atomic E-state index is 12.7. The summed E-state index contributed by atoms with van der Waals surface area (Å²) in [5, 5.41) is -0.285. The Bertz CT molecular complexity index is 652. The molecular formula is C10H6F3NO2. The van der Waals surface area contributed by atoms with E-state index < -0.39 is 17.4 Å².